The first-order valence-electron chi connectivity index (χ1n) is 11.7. The first kappa shape index (κ1) is 21.5. The number of likely N-dealkylation sites (tertiary alicyclic amines) is 1. The van der Waals surface area contributed by atoms with Gasteiger partial charge in [-0.15, -0.1) is 0 Å². The molecule has 0 N–H and O–H groups in total. The molecular formula is C28H28FN3O. The van der Waals surface area contributed by atoms with Crippen LogP contribution in [0, 0.1) is 5.82 Å². The number of benzene rings is 2. The van der Waals surface area contributed by atoms with Crippen LogP contribution in [0.2, 0.25) is 0 Å². The Morgan fingerprint density at radius 2 is 1.73 bits per heavy atom. The number of fused-ring (bicyclic) bond motifs is 1. The van der Waals surface area contributed by atoms with Crippen LogP contribution in [0.25, 0.3) is 17.2 Å². The lowest BCUT2D eigenvalue weighted by Crippen LogP contribution is -2.36. The van der Waals surface area contributed by atoms with E-state index in [2.05, 4.69) is 40.2 Å². The smallest absolute Gasteiger partial charge is 0.276 e. The van der Waals surface area contributed by atoms with Crippen LogP contribution in [0.15, 0.2) is 66.9 Å². The molecule has 33 heavy (non-hydrogen) atoms. The van der Waals surface area contributed by atoms with Gasteiger partial charge in [0.05, 0.1) is 0 Å². The van der Waals surface area contributed by atoms with Crippen molar-refractivity contribution in [3.63, 3.8) is 0 Å². The number of carbonyl (C=O) groups excluding carboxylic acids is 1. The average Bonchev–Trinajstić information content (AvgIpc) is 3.37. The summed E-state index contributed by atoms with van der Waals surface area (Å²) in [5, 5.41) is 0. The number of amides is 1. The van der Waals surface area contributed by atoms with Crippen molar-refractivity contribution in [3.8, 4) is 11.1 Å². The fourth-order valence-electron chi connectivity index (χ4n) is 4.71. The number of carbonyl (C=O) groups is 1. The predicted octanol–water partition coefficient (Wildman–Crippen LogP) is 5.59. The third-order valence-electron chi connectivity index (χ3n) is 6.50. The number of hydrogen-bond donors (Lipinski definition) is 0. The molecule has 5 heteroatoms. The van der Waals surface area contributed by atoms with E-state index in [0.29, 0.717) is 12.2 Å². The number of halogens is 1. The van der Waals surface area contributed by atoms with Gasteiger partial charge in [-0.05, 0) is 85.8 Å². The fourth-order valence-corrected chi connectivity index (χ4v) is 4.71. The van der Waals surface area contributed by atoms with Crippen LogP contribution >= 0.6 is 0 Å². The standard InChI is InChI=1S/C28H28FN3O/c29-25-11-8-22(9-12-25)24-10-13-26(30-20-24)28(33)32-18-4-6-23-19-21(7-14-27(23)32)5-3-17-31-15-1-2-16-31/h3,5,7-14,19-20H,1-2,4,6,15-18H2/b5-3+. The van der Waals surface area contributed by atoms with Gasteiger partial charge in [-0.3, -0.25) is 14.7 Å². The molecule has 1 aromatic heterocycles. The Labute approximate surface area is 194 Å². The second-order valence-corrected chi connectivity index (χ2v) is 8.80. The highest BCUT2D eigenvalue weighted by Crippen LogP contribution is 2.30. The zero-order valence-corrected chi connectivity index (χ0v) is 18.7. The molecule has 168 valence electrons. The minimum Gasteiger partial charge on any atom is -0.307 e. The van der Waals surface area contributed by atoms with Crippen LogP contribution in [0.3, 0.4) is 0 Å². The zero-order chi connectivity index (χ0) is 22.6. The summed E-state index contributed by atoms with van der Waals surface area (Å²) >= 11 is 0. The second-order valence-electron chi connectivity index (χ2n) is 8.80. The van der Waals surface area contributed by atoms with E-state index in [9.17, 15) is 9.18 Å². The summed E-state index contributed by atoms with van der Waals surface area (Å²) in [6.45, 7) is 4.09. The Morgan fingerprint density at radius 3 is 2.48 bits per heavy atom. The summed E-state index contributed by atoms with van der Waals surface area (Å²) in [4.78, 5) is 22.0. The van der Waals surface area contributed by atoms with E-state index in [1.807, 2.05) is 11.0 Å². The lowest BCUT2D eigenvalue weighted by molar-refractivity contribution is 0.0980. The monoisotopic (exact) mass is 441 g/mol. The molecule has 3 heterocycles. The molecule has 0 bridgehead atoms. The predicted molar refractivity (Wildman–Crippen MR) is 131 cm³/mol. The van der Waals surface area contributed by atoms with E-state index in [1.165, 1.54) is 49.2 Å². The van der Waals surface area contributed by atoms with Gasteiger partial charge in [0.25, 0.3) is 5.91 Å². The van der Waals surface area contributed by atoms with E-state index in [1.54, 1.807) is 24.4 Å². The largest absolute Gasteiger partial charge is 0.307 e. The van der Waals surface area contributed by atoms with Gasteiger partial charge >= 0.3 is 0 Å². The summed E-state index contributed by atoms with van der Waals surface area (Å²) in [5.74, 6) is -0.355. The Balaban J connectivity index is 1.30. The number of nitrogens with zero attached hydrogens (tertiary/aromatic N) is 3. The quantitative estimate of drug-likeness (QED) is 0.518. The first-order valence-corrected chi connectivity index (χ1v) is 11.7. The molecule has 0 atom stereocenters. The number of rotatable bonds is 5. The third-order valence-corrected chi connectivity index (χ3v) is 6.50. The SMILES string of the molecule is O=C(c1ccc(-c2ccc(F)cc2)cn1)N1CCCc2cc(/C=C/CN3CCCC3)ccc21. The van der Waals surface area contributed by atoms with Gasteiger partial charge in [0.1, 0.15) is 11.5 Å². The maximum absolute atomic E-state index is 13.3. The van der Waals surface area contributed by atoms with Crippen LogP contribution in [0.4, 0.5) is 10.1 Å². The van der Waals surface area contributed by atoms with E-state index >= 15 is 0 Å². The summed E-state index contributed by atoms with van der Waals surface area (Å²) < 4.78 is 13.2. The number of hydrogen-bond acceptors (Lipinski definition) is 3. The van der Waals surface area contributed by atoms with E-state index in [4.69, 9.17) is 0 Å². The molecular weight excluding hydrogens is 413 g/mol. The lowest BCUT2D eigenvalue weighted by Gasteiger charge is -2.29. The highest BCUT2D eigenvalue weighted by molar-refractivity contribution is 6.05. The van der Waals surface area contributed by atoms with Crippen molar-refractivity contribution in [1.82, 2.24) is 9.88 Å². The Bertz CT molecular complexity index is 1150. The fraction of sp³-hybridized carbons (Fsp3) is 0.286. The van der Waals surface area contributed by atoms with Gasteiger partial charge < -0.3 is 4.90 Å². The second kappa shape index (κ2) is 9.67. The molecule has 1 saturated heterocycles. The Kier molecular flexibility index (Phi) is 6.31. The molecule has 5 rings (SSSR count). The maximum atomic E-state index is 13.3. The van der Waals surface area contributed by atoms with Crippen molar-refractivity contribution in [2.75, 3.05) is 31.1 Å². The maximum Gasteiger partial charge on any atom is 0.276 e. The highest BCUT2D eigenvalue weighted by atomic mass is 19.1. The lowest BCUT2D eigenvalue weighted by atomic mass is 9.98. The van der Waals surface area contributed by atoms with Crippen molar-refractivity contribution < 1.29 is 9.18 Å². The van der Waals surface area contributed by atoms with Crippen LogP contribution < -0.4 is 4.90 Å². The molecule has 0 radical (unpaired) electrons. The molecule has 0 saturated carbocycles. The molecule has 2 aliphatic rings. The molecule has 0 aliphatic carbocycles. The summed E-state index contributed by atoms with van der Waals surface area (Å²) in [6.07, 6.45) is 10.6. The van der Waals surface area contributed by atoms with Crippen LogP contribution in [0.1, 0.15) is 40.9 Å². The summed E-state index contributed by atoms with van der Waals surface area (Å²) in [7, 11) is 0. The van der Waals surface area contributed by atoms with Crippen molar-refractivity contribution in [1.29, 1.82) is 0 Å². The van der Waals surface area contributed by atoms with Crippen LogP contribution in [0.5, 0.6) is 0 Å². The molecule has 2 aromatic carbocycles. The van der Waals surface area contributed by atoms with Gasteiger partial charge in [-0.25, -0.2) is 4.39 Å². The van der Waals surface area contributed by atoms with Gasteiger partial charge in [-0.1, -0.05) is 36.4 Å². The number of pyridine rings is 1. The number of anilines is 1. The van der Waals surface area contributed by atoms with E-state index in [-0.39, 0.29) is 11.7 Å². The Morgan fingerprint density at radius 1 is 0.939 bits per heavy atom. The van der Waals surface area contributed by atoms with Crippen molar-refractivity contribution in [3.05, 3.63) is 89.5 Å². The molecule has 1 amide bonds. The van der Waals surface area contributed by atoms with E-state index < -0.39 is 0 Å². The van der Waals surface area contributed by atoms with Gasteiger partial charge in [0.15, 0.2) is 0 Å². The van der Waals surface area contributed by atoms with E-state index in [0.717, 1.165) is 36.2 Å². The Hall–Kier alpha value is -3.31. The molecule has 1 fully saturated rings. The van der Waals surface area contributed by atoms with Crippen molar-refractivity contribution in [2.24, 2.45) is 0 Å². The van der Waals surface area contributed by atoms with Crippen molar-refractivity contribution >= 4 is 17.7 Å². The summed E-state index contributed by atoms with van der Waals surface area (Å²) in [5.41, 5.74) is 5.52. The van der Waals surface area contributed by atoms with Crippen LogP contribution in [-0.2, 0) is 6.42 Å². The molecule has 0 spiro atoms. The number of aromatic nitrogens is 1. The molecule has 2 aliphatic heterocycles. The molecule has 3 aromatic rings. The molecule has 4 nitrogen and oxygen atoms in total. The first-order chi connectivity index (χ1) is 16.2. The van der Waals surface area contributed by atoms with Gasteiger partial charge in [0.2, 0.25) is 0 Å². The normalized spacial score (nSPS) is 16.3. The topological polar surface area (TPSA) is 36.4 Å². The molecule has 0 unspecified atom stereocenters. The minimum atomic E-state index is -0.271. The van der Waals surface area contributed by atoms with Crippen molar-refractivity contribution in [2.45, 2.75) is 25.7 Å². The van der Waals surface area contributed by atoms with Gasteiger partial charge in [-0.2, -0.15) is 0 Å². The highest BCUT2D eigenvalue weighted by Gasteiger charge is 2.24. The average molecular weight is 442 g/mol. The third kappa shape index (κ3) is 4.88. The van der Waals surface area contributed by atoms with Gasteiger partial charge in [0, 0.05) is 30.5 Å². The van der Waals surface area contributed by atoms with Crippen LogP contribution in [-0.4, -0.2) is 42.0 Å². The number of aryl methyl sites for hydroxylation is 1. The minimum absolute atomic E-state index is 0.0843. The zero-order valence-electron chi connectivity index (χ0n) is 18.7. The summed E-state index contributed by atoms with van der Waals surface area (Å²) in [6, 6.07) is 16.3.